The molecule has 6 nitrogen and oxygen atoms in total. The van der Waals surface area contributed by atoms with Crippen LogP contribution in [0.2, 0.25) is 0 Å². The van der Waals surface area contributed by atoms with Gasteiger partial charge in [0, 0.05) is 17.6 Å². The number of para-hydroxylation sites is 1. The van der Waals surface area contributed by atoms with E-state index in [1.807, 2.05) is 30.3 Å². The Labute approximate surface area is 172 Å². The van der Waals surface area contributed by atoms with Gasteiger partial charge in [-0.2, -0.15) is 4.98 Å². The number of benzene rings is 3. The van der Waals surface area contributed by atoms with Crippen LogP contribution in [0.3, 0.4) is 0 Å². The minimum atomic E-state index is -0.417. The number of hydrogen-bond donors (Lipinski definition) is 2. The monoisotopic (exact) mass is 402 g/mol. The molecule has 0 saturated heterocycles. The molecule has 4 rings (SSSR count). The van der Waals surface area contributed by atoms with E-state index in [1.54, 1.807) is 30.3 Å². The molecule has 0 bridgehead atoms. The van der Waals surface area contributed by atoms with Gasteiger partial charge in [-0.05, 0) is 48.0 Å². The quantitative estimate of drug-likeness (QED) is 0.446. The van der Waals surface area contributed by atoms with Gasteiger partial charge in [-0.1, -0.05) is 30.3 Å². The fraction of sp³-hybridized carbons (Fsp3) is 0.0870. The third-order valence-corrected chi connectivity index (χ3v) is 4.52. The molecule has 0 aliphatic carbocycles. The number of hydrogen-bond acceptors (Lipinski definition) is 6. The normalized spacial score (nSPS) is 10.6. The number of carbonyl (C=O) groups is 1. The summed E-state index contributed by atoms with van der Waals surface area (Å²) in [6.07, 6.45) is 0. The highest BCUT2D eigenvalue weighted by Gasteiger charge is 2.10. The van der Waals surface area contributed by atoms with E-state index in [0.717, 1.165) is 16.5 Å². The van der Waals surface area contributed by atoms with Gasteiger partial charge < -0.3 is 15.4 Å². The minimum Gasteiger partial charge on any atom is -0.465 e. The van der Waals surface area contributed by atoms with Crippen LogP contribution in [0.4, 0.5) is 21.8 Å². The van der Waals surface area contributed by atoms with E-state index in [1.165, 1.54) is 19.2 Å². The van der Waals surface area contributed by atoms with Crippen LogP contribution in [0, 0.1) is 5.82 Å². The fourth-order valence-corrected chi connectivity index (χ4v) is 3.03. The number of ether oxygens (including phenoxy) is 1. The van der Waals surface area contributed by atoms with E-state index in [2.05, 4.69) is 20.6 Å². The Hall–Kier alpha value is -4.00. The molecular formula is C23H19FN4O2. The summed E-state index contributed by atoms with van der Waals surface area (Å²) < 4.78 is 17.9. The second-order valence-corrected chi connectivity index (χ2v) is 6.59. The Morgan fingerprint density at radius 1 is 1.00 bits per heavy atom. The summed E-state index contributed by atoms with van der Waals surface area (Å²) in [5.41, 5.74) is 2.79. The van der Waals surface area contributed by atoms with Gasteiger partial charge in [-0.25, -0.2) is 14.2 Å². The summed E-state index contributed by atoms with van der Waals surface area (Å²) >= 11 is 0. The molecule has 150 valence electrons. The Bertz CT molecular complexity index is 1200. The molecule has 7 heteroatoms. The van der Waals surface area contributed by atoms with E-state index in [-0.39, 0.29) is 5.82 Å². The molecule has 0 spiro atoms. The first-order valence-electron chi connectivity index (χ1n) is 9.33. The van der Waals surface area contributed by atoms with Gasteiger partial charge in [0.15, 0.2) is 0 Å². The van der Waals surface area contributed by atoms with Crippen LogP contribution < -0.4 is 10.6 Å². The number of esters is 1. The molecule has 3 aromatic carbocycles. The molecule has 30 heavy (non-hydrogen) atoms. The SMILES string of the molecule is COC(=O)c1cccc(Nc2nc(NCc3ccc(F)cc3)c3ccccc3n2)c1. The highest BCUT2D eigenvalue weighted by Crippen LogP contribution is 2.24. The van der Waals surface area contributed by atoms with Crippen molar-refractivity contribution in [1.29, 1.82) is 0 Å². The van der Waals surface area contributed by atoms with E-state index in [9.17, 15) is 9.18 Å². The Kier molecular flexibility index (Phi) is 5.52. The molecule has 4 aromatic rings. The van der Waals surface area contributed by atoms with Crippen molar-refractivity contribution >= 4 is 34.3 Å². The van der Waals surface area contributed by atoms with Gasteiger partial charge >= 0.3 is 5.97 Å². The second kappa shape index (κ2) is 8.57. The van der Waals surface area contributed by atoms with E-state index in [0.29, 0.717) is 29.6 Å². The van der Waals surface area contributed by atoms with Gasteiger partial charge in [0.1, 0.15) is 11.6 Å². The van der Waals surface area contributed by atoms with Crippen molar-refractivity contribution in [2.75, 3.05) is 17.7 Å². The number of anilines is 3. The Morgan fingerprint density at radius 2 is 1.80 bits per heavy atom. The maximum Gasteiger partial charge on any atom is 0.337 e. The lowest BCUT2D eigenvalue weighted by molar-refractivity contribution is 0.0601. The lowest BCUT2D eigenvalue weighted by atomic mass is 10.2. The molecule has 0 amide bonds. The van der Waals surface area contributed by atoms with Crippen molar-refractivity contribution in [3.8, 4) is 0 Å². The van der Waals surface area contributed by atoms with Crippen LogP contribution in [-0.4, -0.2) is 23.0 Å². The van der Waals surface area contributed by atoms with Crippen LogP contribution in [-0.2, 0) is 11.3 Å². The maximum absolute atomic E-state index is 13.1. The summed E-state index contributed by atoms with van der Waals surface area (Å²) in [5, 5.41) is 7.31. The van der Waals surface area contributed by atoms with Crippen LogP contribution >= 0.6 is 0 Å². The topological polar surface area (TPSA) is 76.1 Å². The van der Waals surface area contributed by atoms with Gasteiger partial charge in [0.2, 0.25) is 5.95 Å². The molecule has 0 atom stereocenters. The first kappa shape index (κ1) is 19.3. The fourth-order valence-electron chi connectivity index (χ4n) is 3.03. The number of halogens is 1. The predicted octanol–water partition coefficient (Wildman–Crippen LogP) is 4.91. The Balaban J connectivity index is 1.63. The number of nitrogens with one attached hydrogen (secondary N) is 2. The number of aromatic nitrogens is 2. The Morgan fingerprint density at radius 3 is 2.60 bits per heavy atom. The van der Waals surface area contributed by atoms with Crippen molar-refractivity contribution in [2.45, 2.75) is 6.54 Å². The van der Waals surface area contributed by atoms with E-state index in [4.69, 9.17) is 4.74 Å². The maximum atomic E-state index is 13.1. The van der Waals surface area contributed by atoms with Crippen LogP contribution in [0.5, 0.6) is 0 Å². The zero-order valence-corrected chi connectivity index (χ0v) is 16.2. The zero-order chi connectivity index (χ0) is 20.9. The van der Waals surface area contributed by atoms with Crippen molar-refractivity contribution in [2.24, 2.45) is 0 Å². The zero-order valence-electron chi connectivity index (χ0n) is 16.2. The number of carbonyl (C=O) groups excluding carboxylic acids is 1. The van der Waals surface area contributed by atoms with Crippen LogP contribution in [0.1, 0.15) is 15.9 Å². The molecule has 0 fully saturated rings. The first-order chi connectivity index (χ1) is 14.6. The first-order valence-corrected chi connectivity index (χ1v) is 9.33. The number of methoxy groups -OCH3 is 1. The third kappa shape index (κ3) is 4.35. The lowest BCUT2D eigenvalue weighted by Crippen LogP contribution is -2.06. The summed E-state index contributed by atoms with van der Waals surface area (Å²) in [6.45, 7) is 0.485. The van der Waals surface area contributed by atoms with E-state index >= 15 is 0 Å². The molecule has 0 saturated carbocycles. The molecule has 2 N–H and O–H groups in total. The highest BCUT2D eigenvalue weighted by molar-refractivity contribution is 5.91. The number of rotatable bonds is 6. The minimum absolute atomic E-state index is 0.271. The smallest absolute Gasteiger partial charge is 0.337 e. The number of nitrogens with zero attached hydrogens (tertiary/aromatic N) is 2. The molecule has 0 aliphatic heterocycles. The largest absolute Gasteiger partial charge is 0.465 e. The standard InChI is InChI=1S/C23H19FN4O2/c1-30-22(29)16-5-4-6-18(13-16)26-23-27-20-8-3-2-7-19(20)21(28-23)25-14-15-9-11-17(24)12-10-15/h2-13H,14H2,1H3,(H2,25,26,27,28). The second-order valence-electron chi connectivity index (χ2n) is 6.59. The molecule has 1 heterocycles. The third-order valence-electron chi connectivity index (χ3n) is 4.52. The average Bonchev–Trinajstić information content (AvgIpc) is 2.78. The summed E-state index contributed by atoms with van der Waals surface area (Å²) in [5.74, 6) is 0.348. The van der Waals surface area contributed by atoms with Gasteiger partial charge in [0.05, 0.1) is 18.2 Å². The molecule has 1 aromatic heterocycles. The molecule has 0 unspecified atom stereocenters. The van der Waals surface area contributed by atoms with Crippen molar-refractivity contribution in [1.82, 2.24) is 9.97 Å². The summed E-state index contributed by atoms with van der Waals surface area (Å²) in [4.78, 5) is 20.9. The van der Waals surface area contributed by atoms with Crippen LogP contribution in [0.25, 0.3) is 10.9 Å². The summed E-state index contributed by atoms with van der Waals surface area (Å²) in [6, 6.07) is 20.9. The van der Waals surface area contributed by atoms with Crippen LogP contribution in [0.15, 0.2) is 72.8 Å². The summed E-state index contributed by atoms with van der Waals surface area (Å²) in [7, 11) is 1.34. The van der Waals surface area contributed by atoms with E-state index < -0.39 is 5.97 Å². The van der Waals surface area contributed by atoms with Gasteiger partial charge in [-0.15, -0.1) is 0 Å². The molecular weight excluding hydrogens is 383 g/mol. The molecule has 0 aliphatic rings. The van der Waals surface area contributed by atoms with Crippen molar-refractivity contribution < 1.29 is 13.9 Å². The lowest BCUT2D eigenvalue weighted by Gasteiger charge is -2.12. The van der Waals surface area contributed by atoms with Gasteiger partial charge in [0.25, 0.3) is 0 Å². The van der Waals surface area contributed by atoms with Crippen molar-refractivity contribution in [3.63, 3.8) is 0 Å². The average molecular weight is 402 g/mol. The van der Waals surface area contributed by atoms with Crippen molar-refractivity contribution in [3.05, 3.63) is 89.7 Å². The highest BCUT2D eigenvalue weighted by atomic mass is 19.1. The predicted molar refractivity (Wildman–Crippen MR) is 114 cm³/mol. The van der Waals surface area contributed by atoms with Gasteiger partial charge in [-0.3, -0.25) is 0 Å². The molecule has 0 radical (unpaired) electrons. The number of fused-ring (bicyclic) bond motifs is 1.